The Labute approximate surface area is 474 Å². The van der Waals surface area contributed by atoms with Crippen LogP contribution < -0.4 is 26.2 Å². The van der Waals surface area contributed by atoms with E-state index in [0.717, 1.165) is 6.42 Å². The van der Waals surface area contributed by atoms with Gasteiger partial charge in [0.2, 0.25) is 0 Å². The molecule has 7 aromatic rings. The fourth-order valence-corrected chi connectivity index (χ4v) is 17.2. The molecule has 0 atom stereocenters. The summed E-state index contributed by atoms with van der Waals surface area (Å²) in [5, 5.41) is 2.84. The van der Waals surface area contributed by atoms with E-state index in [1.54, 1.807) is 11.1 Å². The summed E-state index contributed by atoms with van der Waals surface area (Å²) in [7, 11) is 0. The van der Waals surface area contributed by atoms with Crippen molar-refractivity contribution in [3.05, 3.63) is 147 Å². The first kappa shape index (κ1) is 52.3. The molecule has 0 radical (unpaired) electrons. The second-order valence-corrected chi connectivity index (χ2v) is 33.1. The minimum atomic E-state index is -0.136. The van der Waals surface area contributed by atoms with Crippen molar-refractivity contribution in [2.24, 2.45) is 0 Å². The Hall–Kier alpha value is -5.06. The quantitative estimate of drug-likeness (QED) is 0.163. The molecule has 2 nitrogen and oxygen atoms in total. The topological polar surface area (TPSA) is 6.48 Å². The van der Waals surface area contributed by atoms with Gasteiger partial charge in [0.15, 0.2) is 0 Å². The van der Waals surface area contributed by atoms with E-state index in [2.05, 4.69) is 250 Å². The highest BCUT2D eigenvalue weighted by molar-refractivity contribution is 7.26. The van der Waals surface area contributed by atoms with E-state index >= 15 is 0 Å². The molecular formula is C74H89BN2S. The van der Waals surface area contributed by atoms with Crippen molar-refractivity contribution in [3.63, 3.8) is 0 Å². The van der Waals surface area contributed by atoms with Crippen LogP contribution in [0.3, 0.4) is 0 Å². The van der Waals surface area contributed by atoms with Gasteiger partial charge in [0, 0.05) is 33.0 Å². The van der Waals surface area contributed by atoms with Crippen LogP contribution in [0.25, 0.3) is 21.2 Å². The van der Waals surface area contributed by atoms with E-state index in [1.807, 2.05) is 0 Å². The highest BCUT2D eigenvalue weighted by Crippen LogP contribution is 2.58. The second kappa shape index (κ2) is 16.3. The first-order valence-electron chi connectivity index (χ1n) is 30.2. The normalized spacial score (nSPS) is 21.9. The van der Waals surface area contributed by atoms with Crippen LogP contribution in [0.5, 0.6) is 0 Å². The summed E-state index contributed by atoms with van der Waals surface area (Å²) in [5.41, 5.74) is 27.5. The third-order valence-electron chi connectivity index (χ3n) is 21.9. The second-order valence-electron chi connectivity index (χ2n) is 32.0. The molecule has 4 heteroatoms. The Morgan fingerprint density at radius 1 is 0.397 bits per heavy atom. The van der Waals surface area contributed by atoms with E-state index < -0.39 is 0 Å². The van der Waals surface area contributed by atoms with Crippen molar-refractivity contribution in [1.82, 2.24) is 0 Å². The maximum absolute atomic E-state index is 2.84. The first-order valence-corrected chi connectivity index (χ1v) is 31.0. The lowest BCUT2D eigenvalue weighted by atomic mass is 9.33. The first-order chi connectivity index (χ1) is 36.2. The fourth-order valence-electron chi connectivity index (χ4n) is 15.9. The van der Waals surface area contributed by atoms with Gasteiger partial charge in [-0.2, -0.15) is 0 Å². The summed E-state index contributed by atoms with van der Waals surface area (Å²) < 4.78 is 1.42. The van der Waals surface area contributed by atoms with Gasteiger partial charge in [0.25, 0.3) is 6.71 Å². The number of hydrogen-bond donors (Lipinski definition) is 0. The molecule has 2 aliphatic heterocycles. The minimum Gasteiger partial charge on any atom is -0.311 e. The lowest BCUT2D eigenvalue weighted by Crippen LogP contribution is -2.61. The number of anilines is 6. The lowest BCUT2D eigenvalue weighted by molar-refractivity contribution is 0.332. The standard InChI is InChI=1S/C74H89BN2S/c1-66(2,3)45-35-60-64-61(36-45)77(58-41-54-51(69(8,9)29-32-72(54,14)15)38-47(58)44-23-21-20-22-24-44)59-42-55-53(71(12,13)31-33-73(55,16)17)40-57(59)75(64)63-48-39-52-56(74(18,19)34-30-70(52,10)11)43-62(48)78-65(63)76(60)46-25-26-49-50(37-46)68(6,7)28-27-67(49,4)5/h20-26,35-43H,27-34H2,1-19H3. The van der Waals surface area contributed by atoms with Crippen molar-refractivity contribution in [2.75, 3.05) is 9.80 Å². The van der Waals surface area contributed by atoms with E-state index in [-0.39, 0.29) is 55.4 Å². The van der Waals surface area contributed by atoms with Crippen LogP contribution in [-0.4, -0.2) is 6.71 Å². The Balaban J connectivity index is 1.22. The number of benzene rings is 6. The van der Waals surface area contributed by atoms with Crippen LogP contribution in [0.15, 0.2) is 97.1 Å². The number of rotatable bonds is 3. The molecule has 6 aliphatic rings. The van der Waals surface area contributed by atoms with Crippen molar-refractivity contribution in [1.29, 1.82) is 0 Å². The number of fused-ring (bicyclic) bond motifs is 10. The molecule has 4 aliphatic carbocycles. The van der Waals surface area contributed by atoms with Crippen molar-refractivity contribution in [2.45, 2.75) is 232 Å². The summed E-state index contributed by atoms with van der Waals surface area (Å²) in [4.78, 5) is 5.63. The Bertz CT molecular complexity index is 3690. The largest absolute Gasteiger partial charge is 0.311 e. The lowest BCUT2D eigenvalue weighted by Gasteiger charge is -2.48. The average Bonchev–Trinajstić information content (AvgIpc) is 3.83. The van der Waals surface area contributed by atoms with Crippen LogP contribution >= 0.6 is 11.3 Å². The van der Waals surface area contributed by atoms with E-state index in [1.165, 1.54) is 155 Å². The average molecular weight is 1050 g/mol. The van der Waals surface area contributed by atoms with Gasteiger partial charge in [-0.25, -0.2) is 0 Å². The van der Waals surface area contributed by atoms with E-state index in [0.29, 0.717) is 0 Å². The number of thiophene rings is 1. The van der Waals surface area contributed by atoms with Crippen LogP contribution in [0.2, 0.25) is 0 Å². The summed E-state index contributed by atoms with van der Waals surface area (Å²) >= 11 is 2.07. The molecule has 0 fully saturated rings. The fraction of sp³-hybridized carbons (Fsp3) is 0.486. The maximum Gasteiger partial charge on any atom is 0.254 e. The molecule has 78 heavy (non-hydrogen) atoms. The van der Waals surface area contributed by atoms with Crippen molar-refractivity contribution in [3.8, 4) is 11.1 Å². The molecule has 13 rings (SSSR count). The Morgan fingerprint density at radius 2 is 0.833 bits per heavy atom. The highest BCUT2D eigenvalue weighted by atomic mass is 32.1. The predicted octanol–water partition coefficient (Wildman–Crippen LogP) is 19.3. The SMILES string of the molecule is CC(C)(C)c1cc2c3c(c1)N(c1ccc4c(c1)C(C)(C)CCC4(C)C)c1sc4cc5c(cc4c1B3c1cc3c(cc1N2c1cc2c(cc1-c1ccccc1)C(C)(C)CCC2(C)C)C(C)(C)CCC3(C)C)C(C)(C)CCC5(C)C. The molecule has 404 valence electrons. The smallest absolute Gasteiger partial charge is 0.254 e. The van der Waals surface area contributed by atoms with Gasteiger partial charge < -0.3 is 9.80 Å². The number of hydrogen-bond acceptors (Lipinski definition) is 3. The molecule has 0 saturated carbocycles. The molecule has 3 heterocycles. The molecule has 0 amide bonds. The molecule has 0 saturated heterocycles. The van der Waals surface area contributed by atoms with Gasteiger partial charge in [0.05, 0.1) is 10.7 Å². The van der Waals surface area contributed by atoms with Crippen LogP contribution in [-0.2, 0) is 48.7 Å². The zero-order valence-corrected chi connectivity index (χ0v) is 52.1. The van der Waals surface area contributed by atoms with Crippen LogP contribution in [0.4, 0.5) is 33.4 Å². The molecule has 0 bridgehead atoms. The number of nitrogens with zero attached hydrogens (tertiary/aromatic N) is 2. The third-order valence-corrected chi connectivity index (χ3v) is 23.0. The zero-order valence-electron chi connectivity index (χ0n) is 51.3. The van der Waals surface area contributed by atoms with Gasteiger partial charge in [-0.1, -0.05) is 174 Å². The Morgan fingerprint density at radius 3 is 1.36 bits per heavy atom. The molecule has 1 aromatic heterocycles. The van der Waals surface area contributed by atoms with Gasteiger partial charge in [-0.15, -0.1) is 11.3 Å². The molecule has 0 spiro atoms. The maximum atomic E-state index is 2.84. The van der Waals surface area contributed by atoms with Gasteiger partial charge in [0.1, 0.15) is 0 Å². The van der Waals surface area contributed by atoms with Crippen molar-refractivity contribution >= 4 is 78.0 Å². The van der Waals surface area contributed by atoms with Crippen LogP contribution in [0, 0.1) is 0 Å². The van der Waals surface area contributed by atoms with Crippen LogP contribution in [0.1, 0.15) is 233 Å². The summed E-state index contributed by atoms with van der Waals surface area (Å²) in [5.74, 6) is 0. The van der Waals surface area contributed by atoms with Gasteiger partial charge in [-0.05, 0) is 232 Å². The van der Waals surface area contributed by atoms with Gasteiger partial charge in [-0.3, -0.25) is 0 Å². The zero-order chi connectivity index (χ0) is 55.6. The summed E-state index contributed by atoms with van der Waals surface area (Å²) in [6.07, 6.45) is 9.46. The summed E-state index contributed by atoms with van der Waals surface area (Å²) in [6.45, 7) is 47.5. The highest BCUT2D eigenvalue weighted by Gasteiger charge is 2.51. The molecule has 6 aromatic carbocycles. The molecule has 0 N–H and O–H groups in total. The Kier molecular flexibility index (Phi) is 11.0. The molecular weight excluding hydrogens is 960 g/mol. The summed E-state index contributed by atoms with van der Waals surface area (Å²) in [6, 6.07) is 40.7. The minimum absolute atomic E-state index is 0.0142. The van der Waals surface area contributed by atoms with Gasteiger partial charge >= 0.3 is 0 Å². The van der Waals surface area contributed by atoms with E-state index in [9.17, 15) is 0 Å². The third kappa shape index (κ3) is 7.58. The monoisotopic (exact) mass is 1050 g/mol. The predicted molar refractivity (Wildman–Crippen MR) is 341 cm³/mol. The van der Waals surface area contributed by atoms with E-state index in [4.69, 9.17) is 0 Å². The van der Waals surface area contributed by atoms with Crippen molar-refractivity contribution < 1.29 is 0 Å². The molecule has 0 unspecified atom stereocenters.